The third-order valence-corrected chi connectivity index (χ3v) is 4.22. The zero-order valence-electron chi connectivity index (χ0n) is 10.9. The molecule has 0 aliphatic carbocycles. The van der Waals surface area contributed by atoms with Crippen molar-refractivity contribution in [1.82, 2.24) is 20.2 Å². The Hall–Kier alpha value is -1.87. The highest BCUT2D eigenvalue weighted by Crippen LogP contribution is 2.21. The van der Waals surface area contributed by atoms with Gasteiger partial charge in [-0.1, -0.05) is 11.6 Å². The number of anilines is 1. The summed E-state index contributed by atoms with van der Waals surface area (Å²) in [6, 6.07) is 1.37. The molecule has 2 rings (SSSR count). The van der Waals surface area contributed by atoms with E-state index in [1.54, 1.807) is 13.8 Å². The van der Waals surface area contributed by atoms with Crippen molar-refractivity contribution in [2.24, 2.45) is 0 Å². The standard InChI is InChI=1S/C10H12ClN5O3S/c1-5-9(6(2)15-14-5)20(17,18)16-10-12-7(11)4-8(13-10)19-3/h4H,1-3H3,(H,14,15)(H,12,13,16). The molecule has 0 aliphatic heterocycles. The highest BCUT2D eigenvalue weighted by atomic mass is 35.5. The molecular formula is C10H12ClN5O3S. The second-order valence-corrected chi connectivity index (χ2v) is 5.93. The van der Waals surface area contributed by atoms with E-state index >= 15 is 0 Å². The molecule has 0 aromatic carbocycles. The molecule has 0 saturated carbocycles. The number of aromatic amines is 1. The number of hydrogen-bond donors (Lipinski definition) is 2. The van der Waals surface area contributed by atoms with Crippen molar-refractivity contribution in [2.45, 2.75) is 18.7 Å². The van der Waals surface area contributed by atoms with Gasteiger partial charge in [0.05, 0.1) is 18.5 Å². The van der Waals surface area contributed by atoms with Crippen LogP contribution in [0.2, 0.25) is 5.15 Å². The average Bonchev–Trinajstić information content (AvgIpc) is 2.68. The number of aryl methyl sites for hydroxylation is 2. The van der Waals surface area contributed by atoms with Crippen LogP contribution >= 0.6 is 11.6 Å². The molecule has 8 nitrogen and oxygen atoms in total. The number of rotatable bonds is 4. The summed E-state index contributed by atoms with van der Waals surface area (Å²) in [5, 5.41) is 6.51. The molecule has 0 amide bonds. The molecule has 2 aromatic heterocycles. The van der Waals surface area contributed by atoms with Crippen LogP contribution in [0.5, 0.6) is 5.88 Å². The van der Waals surface area contributed by atoms with Crippen LogP contribution < -0.4 is 9.46 Å². The van der Waals surface area contributed by atoms with Crippen LogP contribution in [0.3, 0.4) is 0 Å². The number of H-pyrrole nitrogens is 1. The van der Waals surface area contributed by atoms with Crippen molar-refractivity contribution in [3.63, 3.8) is 0 Å². The SMILES string of the molecule is COc1cc(Cl)nc(NS(=O)(=O)c2c(C)n[nH]c2C)n1. The van der Waals surface area contributed by atoms with Crippen molar-refractivity contribution >= 4 is 27.6 Å². The van der Waals surface area contributed by atoms with Gasteiger partial charge in [-0.3, -0.25) is 5.10 Å². The summed E-state index contributed by atoms with van der Waals surface area (Å²) in [4.78, 5) is 7.71. The summed E-state index contributed by atoms with van der Waals surface area (Å²) in [5.41, 5.74) is 0.771. The van der Waals surface area contributed by atoms with Crippen molar-refractivity contribution in [3.8, 4) is 5.88 Å². The van der Waals surface area contributed by atoms with E-state index in [4.69, 9.17) is 16.3 Å². The van der Waals surface area contributed by atoms with Crippen molar-refractivity contribution in [2.75, 3.05) is 11.8 Å². The van der Waals surface area contributed by atoms with Crippen molar-refractivity contribution < 1.29 is 13.2 Å². The number of halogens is 1. The molecule has 0 bridgehead atoms. The molecule has 0 saturated heterocycles. The number of nitrogens with zero attached hydrogens (tertiary/aromatic N) is 3. The van der Waals surface area contributed by atoms with Crippen molar-refractivity contribution in [3.05, 3.63) is 22.6 Å². The average molecular weight is 318 g/mol. The molecule has 0 unspecified atom stereocenters. The van der Waals surface area contributed by atoms with Crippen LogP contribution in [0, 0.1) is 13.8 Å². The number of aromatic nitrogens is 4. The summed E-state index contributed by atoms with van der Waals surface area (Å²) in [6.45, 7) is 3.19. The van der Waals surface area contributed by atoms with Gasteiger partial charge in [0.25, 0.3) is 10.0 Å². The predicted molar refractivity (Wildman–Crippen MR) is 72.5 cm³/mol. The molecular weight excluding hydrogens is 306 g/mol. The minimum absolute atomic E-state index is 0.0556. The summed E-state index contributed by atoms with van der Waals surface area (Å²) in [5.74, 6) is -0.0160. The lowest BCUT2D eigenvalue weighted by atomic mass is 10.4. The molecule has 108 valence electrons. The largest absolute Gasteiger partial charge is 0.481 e. The van der Waals surface area contributed by atoms with Gasteiger partial charge < -0.3 is 4.74 Å². The summed E-state index contributed by atoms with van der Waals surface area (Å²) in [6.07, 6.45) is 0. The molecule has 0 atom stereocenters. The minimum Gasteiger partial charge on any atom is -0.481 e. The normalized spacial score (nSPS) is 11.4. The number of ether oxygens (including phenoxy) is 1. The smallest absolute Gasteiger partial charge is 0.267 e. The van der Waals surface area contributed by atoms with Gasteiger partial charge >= 0.3 is 0 Å². The van der Waals surface area contributed by atoms with Gasteiger partial charge in [0.2, 0.25) is 11.8 Å². The minimum atomic E-state index is -3.86. The lowest BCUT2D eigenvalue weighted by Gasteiger charge is -2.08. The fourth-order valence-electron chi connectivity index (χ4n) is 1.66. The number of nitrogens with one attached hydrogen (secondary N) is 2. The molecule has 0 radical (unpaired) electrons. The summed E-state index contributed by atoms with van der Waals surface area (Å²) in [7, 11) is -2.47. The van der Waals surface area contributed by atoms with E-state index in [9.17, 15) is 8.42 Å². The maximum atomic E-state index is 12.3. The van der Waals surface area contributed by atoms with Crippen LogP contribution in [0.4, 0.5) is 5.95 Å². The first-order valence-corrected chi connectivity index (χ1v) is 7.32. The molecule has 0 fully saturated rings. The third-order valence-electron chi connectivity index (χ3n) is 2.44. The zero-order chi connectivity index (χ0) is 14.9. The summed E-state index contributed by atoms with van der Waals surface area (Å²) >= 11 is 5.76. The first kappa shape index (κ1) is 14.5. The van der Waals surface area contributed by atoms with E-state index in [0.717, 1.165) is 0 Å². The number of methoxy groups -OCH3 is 1. The van der Waals surface area contributed by atoms with Gasteiger partial charge in [-0.15, -0.1) is 0 Å². The van der Waals surface area contributed by atoms with Gasteiger partial charge in [-0.25, -0.2) is 18.1 Å². The Kier molecular flexibility index (Phi) is 3.82. The molecule has 10 heteroatoms. The van der Waals surface area contributed by atoms with Gasteiger partial charge in [0.15, 0.2) is 0 Å². The van der Waals surface area contributed by atoms with Gasteiger partial charge in [-0.05, 0) is 13.8 Å². The maximum absolute atomic E-state index is 12.3. The van der Waals surface area contributed by atoms with Crippen LogP contribution in [0.1, 0.15) is 11.4 Å². The zero-order valence-corrected chi connectivity index (χ0v) is 12.5. The van der Waals surface area contributed by atoms with Gasteiger partial charge in [-0.2, -0.15) is 10.1 Å². The molecule has 2 N–H and O–H groups in total. The van der Waals surface area contributed by atoms with Gasteiger partial charge in [0, 0.05) is 6.07 Å². The molecule has 2 aromatic rings. The summed E-state index contributed by atoms with van der Waals surface area (Å²) < 4.78 is 31.7. The van der Waals surface area contributed by atoms with E-state index in [0.29, 0.717) is 11.4 Å². The monoisotopic (exact) mass is 317 g/mol. The highest BCUT2D eigenvalue weighted by Gasteiger charge is 2.23. The number of sulfonamides is 1. The van der Waals surface area contributed by atoms with Gasteiger partial charge in [0.1, 0.15) is 10.0 Å². The van der Waals surface area contributed by atoms with Crippen LogP contribution in [0.25, 0.3) is 0 Å². The maximum Gasteiger partial charge on any atom is 0.267 e. The Bertz CT molecular complexity index is 724. The second-order valence-electron chi connectivity index (χ2n) is 3.93. The van der Waals surface area contributed by atoms with E-state index in [2.05, 4.69) is 24.9 Å². The van der Waals surface area contributed by atoms with E-state index in [-0.39, 0.29) is 21.9 Å². The number of hydrogen-bond acceptors (Lipinski definition) is 6. The quantitative estimate of drug-likeness (QED) is 0.822. The topological polar surface area (TPSA) is 110 Å². The fourth-order valence-corrected chi connectivity index (χ4v) is 3.15. The first-order valence-electron chi connectivity index (χ1n) is 5.46. The van der Waals surface area contributed by atoms with E-state index in [1.807, 2.05) is 0 Å². The Labute approximate surface area is 120 Å². The molecule has 0 aliphatic rings. The van der Waals surface area contributed by atoms with E-state index in [1.165, 1.54) is 13.2 Å². The Morgan fingerprint density at radius 3 is 2.60 bits per heavy atom. The molecule has 0 spiro atoms. The van der Waals surface area contributed by atoms with Crippen LogP contribution in [0.15, 0.2) is 11.0 Å². The van der Waals surface area contributed by atoms with Crippen LogP contribution in [-0.4, -0.2) is 35.7 Å². The highest BCUT2D eigenvalue weighted by molar-refractivity contribution is 7.92. The second kappa shape index (κ2) is 5.25. The Balaban J connectivity index is 2.41. The lowest BCUT2D eigenvalue weighted by molar-refractivity contribution is 0.397. The third kappa shape index (κ3) is 2.83. The van der Waals surface area contributed by atoms with Crippen molar-refractivity contribution in [1.29, 1.82) is 0 Å². The Morgan fingerprint density at radius 1 is 1.35 bits per heavy atom. The predicted octanol–water partition coefficient (Wildman–Crippen LogP) is 1.28. The van der Waals surface area contributed by atoms with Crippen LogP contribution in [-0.2, 0) is 10.0 Å². The molecule has 20 heavy (non-hydrogen) atoms. The Morgan fingerprint density at radius 2 is 2.05 bits per heavy atom. The lowest BCUT2D eigenvalue weighted by Crippen LogP contribution is -2.16. The fraction of sp³-hybridized carbons (Fsp3) is 0.300. The first-order chi connectivity index (χ1) is 9.33. The molecule has 2 heterocycles. The van der Waals surface area contributed by atoms with E-state index < -0.39 is 10.0 Å².